The maximum Gasteiger partial charge on any atom is 0.260 e. The van der Waals surface area contributed by atoms with Crippen LogP contribution < -0.4 is 0 Å². The monoisotopic (exact) mass is 325 g/mol. The maximum atomic E-state index is 12.9. The molecule has 0 unspecified atom stereocenters. The molecule has 0 bridgehead atoms. The molecule has 23 heavy (non-hydrogen) atoms. The third kappa shape index (κ3) is 2.03. The fourth-order valence-electron chi connectivity index (χ4n) is 3.20. The molecule has 4 rings (SSSR count). The fourth-order valence-corrected chi connectivity index (χ4v) is 4.41. The summed E-state index contributed by atoms with van der Waals surface area (Å²) in [6.45, 7) is 0. The first-order valence-electron chi connectivity index (χ1n) is 7.25. The Kier molecular flexibility index (Phi) is 3.11. The number of benzene rings is 2. The Morgan fingerprint density at radius 2 is 1.57 bits per heavy atom. The van der Waals surface area contributed by atoms with E-state index in [1.165, 1.54) is 16.8 Å². The van der Waals surface area contributed by atoms with Crippen LogP contribution in [0.15, 0.2) is 66.1 Å². The summed E-state index contributed by atoms with van der Waals surface area (Å²) in [4.78, 5) is 6.51. The molecule has 116 valence electrons. The van der Waals surface area contributed by atoms with Gasteiger partial charge in [0.2, 0.25) is 0 Å². The largest absolute Gasteiger partial charge is 0.335 e. The van der Waals surface area contributed by atoms with Crippen molar-refractivity contribution in [1.29, 1.82) is 0 Å². The van der Waals surface area contributed by atoms with Crippen LogP contribution in [0.5, 0.6) is 0 Å². The van der Waals surface area contributed by atoms with Gasteiger partial charge in [-0.1, -0.05) is 48.5 Å². The summed E-state index contributed by atoms with van der Waals surface area (Å²) in [7, 11) is -2.04. The first-order valence-corrected chi connectivity index (χ1v) is 8.69. The van der Waals surface area contributed by atoms with Crippen LogP contribution in [0.2, 0.25) is 0 Å². The van der Waals surface area contributed by atoms with Crippen molar-refractivity contribution in [3.8, 4) is 11.1 Å². The number of nitrogens with one attached hydrogen (secondary N) is 1. The Morgan fingerprint density at radius 1 is 1.00 bits per heavy atom. The van der Waals surface area contributed by atoms with Gasteiger partial charge in [0.25, 0.3) is 10.0 Å². The smallest absolute Gasteiger partial charge is 0.260 e. The summed E-state index contributed by atoms with van der Waals surface area (Å²) >= 11 is 0. The van der Waals surface area contributed by atoms with Gasteiger partial charge in [-0.2, -0.15) is 4.31 Å². The van der Waals surface area contributed by atoms with E-state index >= 15 is 0 Å². The predicted octanol–water partition coefficient (Wildman–Crippen LogP) is 2.80. The van der Waals surface area contributed by atoms with Crippen LogP contribution in [-0.2, 0) is 10.0 Å². The average Bonchev–Trinajstić information content (AvgIpc) is 3.21. The van der Waals surface area contributed by atoms with Crippen molar-refractivity contribution in [3.05, 3.63) is 72.2 Å². The third-order valence-electron chi connectivity index (χ3n) is 4.29. The van der Waals surface area contributed by atoms with Gasteiger partial charge in [0.05, 0.1) is 18.6 Å². The number of nitrogens with zero attached hydrogens (tertiary/aromatic N) is 2. The second-order valence-electron chi connectivity index (χ2n) is 5.51. The SMILES string of the molecule is CN(C1c2ccccc2-c2ccccc21)S(=O)(=O)c1cnc[nH]1. The van der Waals surface area contributed by atoms with Crippen LogP contribution in [0.3, 0.4) is 0 Å². The molecule has 0 spiro atoms. The van der Waals surface area contributed by atoms with E-state index in [4.69, 9.17) is 0 Å². The molecule has 1 aromatic heterocycles. The van der Waals surface area contributed by atoms with Crippen molar-refractivity contribution in [2.75, 3.05) is 7.05 Å². The summed E-state index contributed by atoms with van der Waals surface area (Å²) in [5.41, 5.74) is 4.16. The average molecular weight is 325 g/mol. The number of fused-ring (bicyclic) bond motifs is 3. The molecule has 0 amide bonds. The zero-order chi connectivity index (χ0) is 16.0. The highest BCUT2D eigenvalue weighted by Crippen LogP contribution is 2.46. The van der Waals surface area contributed by atoms with Crippen molar-refractivity contribution < 1.29 is 8.42 Å². The summed E-state index contributed by atoms with van der Waals surface area (Å²) < 4.78 is 27.1. The van der Waals surface area contributed by atoms with Crippen LogP contribution in [-0.4, -0.2) is 29.7 Å². The van der Waals surface area contributed by atoms with Crippen LogP contribution in [0.4, 0.5) is 0 Å². The molecule has 1 N–H and O–H groups in total. The molecule has 6 heteroatoms. The number of hydrogen-bond donors (Lipinski definition) is 1. The second-order valence-corrected chi connectivity index (χ2v) is 7.48. The molecule has 0 fully saturated rings. The van der Waals surface area contributed by atoms with Crippen molar-refractivity contribution in [2.45, 2.75) is 11.1 Å². The molecule has 0 saturated heterocycles. The van der Waals surface area contributed by atoms with E-state index in [1.807, 2.05) is 48.5 Å². The van der Waals surface area contributed by atoms with Crippen LogP contribution in [0.25, 0.3) is 11.1 Å². The molecule has 1 heterocycles. The van der Waals surface area contributed by atoms with Crippen molar-refractivity contribution >= 4 is 10.0 Å². The van der Waals surface area contributed by atoms with E-state index in [-0.39, 0.29) is 11.1 Å². The van der Waals surface area contributed by atoms with E-state index < -0.39 is 10.0 Å². The molecular formula is C17H15N3O2S. The number of aromatic nitrogens is 2. The zero-order valence-corrected chi connectivity index (χ0v) is 13.3. The minimum atomic E-state index is -3.65. The molecule has 2 aromatic carbocycles. The van der Waals surface area contributed by atoms with E-state index in [0.717, 1.165) is 22.3 Å². The quantitative estimate of drug-likeness (QED) is 0.805. The number of H-pyrrole nitrogens is 1. The highest BCUT2D eigenvalue weighted by molar-refractivity contribution is 7.89. The second kappa shape index (κ2) is 5.04. The van der Waals surface area contributed by atoms with E-state index in [0.29, 0.717) is 0 Å². The summed E-state index contributed by atoms with van der Waals surface area (Å²) in [5, 5.41) is 0.0989. The Hall–Kier alpha value is -2.44. The molecular weight excluding hydrogens is 310 g/mol. The summed E-state index contributed by atoms with van der Waals surface area (Å²) in [6.07, 6.45) is 2.70. The van der Waals surface area contributed by atoms with Crippen molar-refractivity contribution in [1.82, 2.24) is 14.3 Å². The first kappa shape index (κ1) is 14.2. The molecule has 0 radical (unpaired) electrons. The van der Waals surface area contributed by atoms with Gasteiger partial charge in [0.1, 0.15) is 0 Å². The van der Waals surface area contributed by atoms with Gasteiger partial charge in [-0.3, -0.25) is 0 Å². The van der Waals surface area contributed by atoms with Gasteiger partial charge in [0, 0.05) is 7.05 Å². The van der Waals surface area contributed by atoms with E-state index in [9.17, 15) is 8.42 Å². The molecule has 0 aliphatic heterocycles. The number of sulfonamides is 1. The number of rotatable bonds is 3. The lowest BCUT2D eigenvalue weighted by molar-refractivity contribution is 0.421. The Morgan fingerprint density at radius 3 is 2.09 bits per heavy atom. The standard InChI is InChI=1S/C17H15N3O2S/c1-20(23(21,22)16-10-18-11-19-16)17-14-8-4-2-6-12(14)13-7-3-5-9-15(13)17/h2-11,17H,1H3,(H,18,19). The number of aromatic amines is 1. The lowest BCUT2D eigenvalue weighted by Crippen LogP contribution is -2.31. The molecule has 0 atom stereocenters. The molecule has 5 nitrogen and oxygen atoms in total. The van der Waals surface area contributed by atoms with Gasteiger partial charge in [-0.25, -0.2) is 13.4 Å². The normalized spacial score (nSPS) is 14.0. The van der Waals surface area contributed by atoms with Gasteiger partial charge in [0.15, 0.2) is 5.03 Å². The fraction of sp³-hybridized carbons (Fsp3) is 0.118. The minimum absolute atomic E-state index is 0.0989. The first-order chi connectivity index (χ1) is 11.1. The lowest BCUT2D eigenvalue weighted by Gasteiger charge is -2.25. The lowest BCUT2D eigenvalue weighted by atomic mass is 10.1. The van der Waals surface area contributed by atoms with E-state index in [1.54, 1.807) is 7.05 Å². The zero-order valence-electron chi connectivity index (χ0n) is 12.5. The van der Waals surface area contributed by atoms with Crippen LogP contribution in [0, 0.1) is 0 Å². The summed E-state index contributed by atoms with van der Waals surface area (Å²) in [6, 6.07) is 15.5. The number of imidazole rings is 1. The molecule has 3 aromatic rings. The highest BCUT2D eigenvalue weighted by atomic mass is 32.2. The van der Waals surface area contributed by atoms with E-state index in [2.05, 4.69) is 9.97 Å². The predicted molar refractivity (Wildman–Crippen MR) is 87.3 cm³/mol. The summed E-state index contributed by atoms with van der Waals surface area (Å²) in [5.74, 6) is 0. The maximum absolute atomic E-state index is 12.9. The van der Waals surface area contributed by atoms with Gasteiger partial charge < -0.3 is 4.98 Å². The van der Waals surface area contributed by atoms with Gasteiger partial charge in [-0.05, 0) is 22.3 Å². The molecule has 0 saturated carbocycles. The Balaban J connectivity index is 1.89. The minimum Gasteiger partial charge on any atom is -0.335 e. The van der Waals surface area contributed by atoms with Crippen LogP contribution >= 0.6 is 0 Å². The van der Waals surface area contributed by atoms with Gasteiger partial charge >= 0.3 is 0 Å². The van der Waals surface area contributed by atoms with Crippen LogP contribution in [0.1, 0.15) is 17.2 Å². The number of hydrogen-bond acceptors (Lipinski definition) is 3. The van der Waals surface area contributed by atoms with Gasteiger partial charge in [-0.15, -0.1) is 0 Å². The van der Waals surface area contributed by atoms with Crippen molar-refractivity contribution in [2.24, 2.45) is 0 Å². The molecule has 1 aliphatic carbocycles. The van der Waals surface area contributed by atoms with Crippen molar-refractivity contribution in [3.63, 3.8) is 0 Å². The topological polar surface area (TPSA) is 66.1 Å². The highest BCUT2D eigenvalue weighted by Gasteiger charge is 2.37. The molecule has 1 aliphatic rings. The third-order valence-corrected chi connectivity index (χ3v) is 6.04. The Labute approximate surface area is 134 Å². The Bertz CT molecular complexity index is 920.